The van der Waals surface area contributed by atoms with Crippen LogP contribution in [0.3, 0.4) is 0 Å². The molecule has 0 N–H and O–H groups in total. The Morgan fingerprint density at radius 1 is 1.33 bits per heavy atom. The fraction of sp³-hybridized carbons (Fsp3) is 0.692. The van der Waals surface area contributed by atoms with Gasteiger partial charge in [0, 0.05) is 23.8 Å². The fourth-order valence-corrected chi connectivity index (χ4v) is 3.41. The molecule has 3 rings (SSSR count). The Morgan fingerprint density at radius 3 is 2.83 bits per heavy atom. The Labute approximate surface area is 117 Å². The van der Waals surface area contributed by atoms with Gasteiger partial charge in [-0.15, -0.1) is 11.8 Å². The van der Waals surface area contributed by atoms with Crippen LogP contribution >= 0.6 is 23.4 Å². The molecule has 0 spiro atoms. The Bertz CT molecular complexity index is 445. The topological polar surface area (TPSA) is 35.0 Å². The average molecular weight is 285 g/mol. The van der Waals surface area contributed by atoms with E-state index in [4.69, 9.17) is 16.3 Å². The van der Waals surface area contributed by atoms with Crippen LogP contribution in [-0.2, 0) is 4.74 Å². The van der Waals surface area contributed by atoms with E-state index in [-0.39, 0.29) is 0 Å². The van der Waals surface area contributed by atoms with Crippen LogP contribution in [0.4, 0.5) is 0 Å². The lowest BCUT2D eigenvalue weighted by atomic mass is 10.3. The molecule has 1 unspecified atom stereocenters. The van der Waals surface area contributed by atoms with E-state index in [0.29, 0.717) is 17.2 Å². The van der Waals surface area contributed by atoms with E-state index in [1.165, 1.54) is 25.7 Å². The van der Waals surface area contributed by atoms with Crippen molar-refractivity contribution in [3.8, 4) is 0 Å². The van der Waals surface area contributed by atoms with Crippen molar-refractivity contribution < 1.29 is 4.74 Å². The van der Waals surface area contributed by atoms with Gasteiger partial charge in [-0.3, -0.25) is 0 Å². The molecule has 1 saturated heterocycles. The van der Waals surface area contributed by atoms with Gasteiger partial charge < -0.3 is 4.74 Å². The van der Waals surface area contributed by atoms with Gasteiger partial charge in [0.05, 0.1) is 6.10 Å². The minimum absolute atomic E-state index is 0.382. The molecule has 0 amide bonds. The molecule has 98 valence electrons. The van der Waals surface area contributed by atoms with Gasteiger partial charge in [0.25, 0.3) is 0 Å². The highest BCUT2D eigenvalue weighted by Crippen LogP contribution is 2.40. The zero-order chi connectivity index (χ0) is 12.5. The van der Waals surface area contributed by atoms with Gasteiger partial charge in [0.1, 0.15) is 16.0 Å². The van der Waals surface area contributed by atoms with Crippen molar-refractivity contribution in [1.82, 2.24) is 9.97 Å². The number of ether oxygens (including phenoxy) is 1. The standard InChI is InChI=1S/C13H17ClN2OS/c1-8-11(14)15-12(9-4-5-9)16-13(8)18-7-10-3-2-6-17-10/h9-10H,2-7H2,1H3. The van der Waals surface area contributed by atoms with Crippen LogP contribution in [0.2, 0.25) is 5.15 Å². The van der Waals surface area contributed by atoms with E-state index in [1.54, 1.807) is 11.8 Å². The highest BCUT2D eigenvalue weighted by molar-refractivity contribution is 7.99. The molecule has 18 heavy (non-hydrogen) atoms. The van der Waals surface area contributed by atoms with Crippen molar-refractivity contribution in [2.45, 2.75) is 49.7 Å². The van der Waals surface area contributed by atoms with Crippen molar-refractivity contribution in [2.24, 2.45) is 0 Å². The van der Waals surface area contributed by atoms with Crippen molar-refractivity contribution in [1.29, 1.82) is 0 Å². The third kappa shape index (κ3) is 2.81. The van der Waals surface area contributed by atoms with Crippen molar-refractivity contribution >= 4 is 23.4 Å². The molecule has 3 nitrogen and oxygen atoms in total. The largest absolute Gasteiger partial charge is 0.377 e. The monoisotopic (exact) mass is 284 g/mol. The quantitative estimate of drug-likeness (QED) is 0.625. The molecule has 1 atom stereocenters. The summed E-state index contributed by atoms with van der Waals surface area (Å²) in [4.78, 5) is 9.05. The molecule has 0 radical (unpaired) electrons. The van der Waals surface area contributed by atoms with Crippen LogP contribution in [-0.4, -0.2) is 28.4 Å². The van der Waals surface area contributed by atoms with Gasteiger partial charge in [-0.1, -0.05) is 11.6 Å². The van der Waals surface area contributed by atoms with Crippen LogP contribution in [0.25, 0.3) is 0 Å². The first-order valence-corrected chi connectivity index (χ1v) is 7.89. The summed E-state index contributed by atoms with van der Waals surface area (Å²) in [5.41, 5.74) is 1.00. The number of nitrogens with zero attached hydrogens (tertiary/aromatic N) is 2. The van der Waals surface area contributed by atoms with E-state index in [0.717, 1.165) is 28.8 Å². The zero-order valence-electron chi connectivity index (χ0n) is 10.5. The van der Waals surface area contributed by atoms with Crippen molar-refractivity contribution in [3.05, 3.63) is 16.5 Å². The summed E-state index contributed by atoms with van der Waals surface area (Å²) in [7, 11) is 0. The molecular formula is C13H17ClN2OS. The second kappa shape index (κ2) is 5.35. The third-order valence-electron chi connectivity index (χ3n) is 3.43. The molecular weight excluding hydrogens is 268 g/mol. The smallest absolute Gasteiger partial charge is 0.136 e. The van der Waals surface area contributed by atoms with Gasteiger partial charge in [0.15, 0.2) is 0 Å². The maximum Gasteiger partial charge on any atom is 0.136 e. The van der Waals surface area contributed by atoms with Crippen molar-refractivity contribution in [2.75, 3.05) is 12.4 Å². The number of aromatic nitrogens is 2. The molecule has 5 heteroatoms. The predicted molar refractivity (Wildman–Crippen MR) is 73.5 cm³/mol. The van der Waals surface area contributed by atoms with Gasteiger partial charge >= 0.3 is 0 Å². The Balaban J connectivity index is 1.72. The predicted octanol–water partition coefficient (Wildman–Crippen LogP) is 3.59. The number of hydrogen-bond acceptors (Lipinski definition) is 4. The van der Waals surface area contributed by atoms with E-state index >= 15 is 0 Å². The molecule has 1 aromatic rings. The van der Waals surface area contributed by atoms with Crippen molar-refractivity contribution in [3.63, 3.8) is 0 Å². The first-order valence-electron chi connectivity index (χ1n) is 6.52. The maximum absolute atomic E-state index is 6.19. The Morgan fingerprint density at radius 2 is 2.17 bits per heavy atom. The van der Waals surface area contributed by atoms with Crippen LogP contribution in [0.5, 0.6) is 0 Å². The average Bonchev–Trinajstić information content (AvgIpc) is 3.08. The van der Waals surface area contributed by atoms with Gasteiger partial charge in [-0.05, 0) is 32.6 Å². The molecule has 0 aromatic carbocycles. The summed E-state index contributed by atoms with van der Waals surface area (Å²) >= 11 is 7.95. The highest BCUT2D eigenvalue weighted by atomic mass is 35.5. The molecule has 1 aliphatic heterocycles. The van der Waals surface area contributed by atoms with Gasteiger partial charge in [-0.2, -0.15) is 0 Å². The fourth-order valence-electron chi connectivity index (χ4n) is 2.10. The van der Waals surface area contributed by atoms with Crippen LogP contribution in [0.15, 0.2) is 5.03 Å². The lowest BCUT2D eigenvalue weighted by Crippen LogP contribution is -2.09. The summed E-state index contributed by atoms with van der Waals surface area (Å²) in [6.07, 6.45) is 5.14. The lowest BCUT2D eigenvalue weighted by molar-refractivity contribution is 0.129. The van der Waals surface area contributed by atoms with E-state index in [9.17, 15) is 0 Å². The molecule has 2 fully saturated rings. The summed E-state index contributed by atoms with van der Waals surface area (Å²) in [6.45, 7) is 2.90. The van der Waals surface area contributed by atoms with E-state index < -0.39 is 0 Å². The van der Waals surface area contributed by atoms with E-state index in [2.05, 4.69) is 9.97 Å². The zero-order valence-corrected chi connectivity index (χ0v) is 12.1. The van der Waals surface area contributed by atoms with Gasteiger partial charge in [-0.25, -0.2) is 9.97 Å². The third-order valence-corrected chi connectivity index (χ3v) is 5.01. The second-order valence-electron chi connectivity index (χ2n) is 5.02. The normalized spacial score (nSPS) is 23.6. The van der Waals surface area contributed by atoms with Crippen LogP contribution < -0.4 is 0 Å². The number of halogens is 1. The maximum atomic E-state index is 6.19. The highest BCUT2D eigenvalue weighted by Gasteiger charge is 2.28. The summed E-state index contributed by atoms with van der Waals surface area (Å²) in [5, 5.41) is 1.65. The number of rotatable bonds is 4. The van der Waals surface area contributed by atoms with Gasteiger partial charge in [0.2, 0.25) is 0 Å². The molecule has 1 saturated carbocycles. The molecule has 1 aromatic heterocycles. The Kier molecular flexibility index (Phi) is 3.78. The molecule has 2 aliphatic rings. The summed E-state index contributed by atoms with van der Waals surface area (Å²) < 4.78 is 5.64. The SMILES string of the molecule is Cc1c(Cl)nc(C2CC2)nc1SCC1CCCO1. The number of hydrogen-bond donors (Lipinski definition) is 0. The minimum Gasteiger partial charge on any atom is -0.377 e. The summed E-state index contributed by atoms with van der Waals surface area (Å²) in [5.74, 6) is 2.45. The second-order valence-corrected chi connectivity index (χ2v) is 6.39. The van der Waals surface area contributed by atoms with Crippen LogP contribution in [0, 0.1) is 6.92 Å². The molecule has 2 heterocycles. The lowest BCUT2D eigenvalue weighted by Gasteiger charge is -2.11. The molecule has 0 bridgehead atoms. The molecule has 1 aliphatic carbocycles. The Hall–Kier alpha value is -0.320. The minimum atomic E-state index is 0.382. The first-order chi connectivity index (χ1) is 8.74. The number of thioether (sulfide) groups is 1. The van der Waals surface area contributed by atoms with E-state index in [1.807, 2.05) is 6.92 Å². The first kappa shape index (κ1) is 12.7. The summed E-state index contributed by atoms with van der Waals surface area (Å²) in [6, 6.07) is 0. The van der Waals surface area contributed by atoms with Crippen LogP contribution in [0.1, 0.15) is 43.0 Å².